The Labute approximate surface area is 331 Å². The van der Waals surface area contributed by atoms with Crippen LogP contribution in [0, 0.1) is 33.5 Å². The van der Waals surface area contributed by atoms with Crippen LogP contribution in [0.15, 0.2) is 0 Å². The Bertz CT molecular complexity index is 1110. The van der Waals surface area contributed by atoms with Gasteiger partial charge in [0.05, 0.1) is 26.4 Å². The minimum Gasteiger partial charge on any atom is -0.395 e. The zero-order valence-corrected chi connectivity index (χ0v) is 35.6. The first-order valence-corrected chi connectivity index (χ1v) is 20.8. The van der Waals surface area contributed by atoms with Gasteiger partial charge in [-0.25, -0.2) is 9.59 Å². The van der Waals surface area contributed by atoms with E-state index in [4.69, 9.17) is 4.74 Å². The highest BCUT2D eigenvalue weighted by atomic mass is 16.5. The van der Waals surface area contributed by atoms with Gasteiger partial charge in [0.25, 0.3) is 0 Å². The molecule has 6 unspecified atom stereocenters. The fourth-order valence-electron chi connectivity index (χ4n) is 9.95. The molecule has 4 amide bonds. The van der Waals surface area contributed by atoms with Gasteiger partial charge >= 0.3 is 12.1 Å². The number of hydrogen-bond acceptors (Lipinski definition) is 9. The number of aliphatic hydroxyl groups excluding tert-OH is 4. The van der Waals surface area contributed by atoms with Gasteiger partial charge in [-0.1, -0.05) is 55.4 Å². The van der Waals surface area contributed by atoms with Crippen molar-refractivity contribution < 1.29 is 44.3 Å². The normalized spacial score (nSPS) is 25.7. The number of hydrogen-bond donors (Lipinski definition) is 6. The van der Waals surface area contributed by atoms with Crippen LogP contribution in [0.3, 0.4) is 0 Å². The Hall–Kier alpha value is -2.32. The van der Waals surface area contributed by atoms with Crippen molar-refractivity contribution in [2.24, 2.45) is 33.5 Å². The average molecular weight is 783 g/mol. The van der Waals surface area contributed by atoms with E-state index in [1.165, 1.54) is 9.80 Å². The molecule has 0 heterocycles. The molecule has 13 heteroatoms. The van der Waals surface area contributed by atoms with Crippen molar-refractivity contribution in [3.63, 3.8) is 0 Å². The molecule has 6 N–H and O–H groups in total. The monoisotopic (exact) mass is 783 g/mol. The van der Waals surface area contributed by atoms with Gasteiger partial charge in [0.15, 0.2) is 0 Å². The summed E-state index contributed by atoms with van der Waals surface area (Å²) in [6, 6.07) is -0.675. The second-order valence-electron chi connectivity index (χ2n) is 19.5. The number of Topliss-reactive ketones (excluding diaryl/α,β-unsaturated/α-hetero) is 2. The van der Waals surface area contributed by atoms with Gasteiger partial charge in [0, 0.05) is 77.2 Å². The molecule has 0 aromatic carbocycles. The quantitative estimate of drug-likeness (QED) is 0.0790. The van der Waals surface area contributed by atoms with Crippen LogP contribution in [0.2, 0.25) is 0 Å². The maximum absolute atomic E-state index is 13.1. The number of amides is 4. The number of ether oxygens (including phenoxy) is 1. The zero-order chi connectivity index (χ0) is 41.5. The molecule has 0 aliphatic heterocycles. The summed E-state index contributed by atoms with van der Waals surface area (Å²) >= 11 is 0. The van der Waals surface area contributed by atoms with Crippen LogP contribution in [-0.2, 0) is 14.3 Å². The van der Waals surface area contributed by atoms with E-state index in [1.807, 2.05) is 13.8 Å². The number of aliphatic hydroxyl groups is 4. The molecule has 6 atom stereocenters. The van der Waals surface area contributed by atoms with E-state index in [-0.39, 0.29) is 122 Å². The Morgan fingerprint density at radius 2 is 0.927 bits per heavy atom. The molecule has 2 saturated carbocycles. The van der Waals surface area contributed by atoms with Gasteiger partial charge in [-0.15, -0.1) is 0 Å². The topological polar surface area (TPSA) is 189 Å². The van der Waals surface area contributed by atoms with Gasteiger partial charge < -0.3 is 45.6 Å². The first-order valence-electron chi connectivity index (χ1n) is 20.8. The van der Waals surface area contributed by atoms with Crippen LogP contribution in [0.5, 0.6) is 0 Å². The molecule has 320 valence electrons. The van der Waals surface area contributed by atoms with E-state index < -0.39 is 0 Å². The first kappa shape index (κ1) is 48.8. The van der Waals surface area contributed by atoms with E-state index in [0.717, 1.165) is 51.4 Å². The molecular weight excluding hydrogens is 704 g/mol. The van der Waals surface area contributed by atoms with Crippen molar-refractivity contribution in [1.29, 1.82) is 0 Å². The molecule has 0 radical (unpaired) electrons. The molecule has 0 spiro atoms. The third kappa shape index (κ3) is 18.2. The van der Waals surface area contributed by atoms with Gasteiger partial charge in [0.1, 0.15) is 11.6 Å². The molecule has 2 aliphatic rings. The van der Waals surface area contributed by atoms with Crippen molar-refractivity contribution in [2.75, 3.05) is 65.8 Å². The molecule has 0 saturated heterocycles. The highest BCUT2D eigenvalue weighted by Crippen LogP contribution is 2.50. The number of ketones is 2. The van der Waals surface area contributed by atoms with Crippen LogP contribution >= 0.6 is 0 Å². The summed E-state index contributed by atoms with van der Waals surface area (Å²) in [7, 11) is 0. The maximum atomic E-state index is 13.1. The van der Waals surface area contributed by atoms with Crippen LogP contribution in [-0.4, -0.2) is 132 Å². The lowest BCUT2D eigenvalue weighted by Gasteiger charge is -2.47. The van der Waals surface area contributed by atoms with Crippen LogP contribution < -0.4 is 10.6 Å². The summed E-state index contributed by atoms with van der Waals surface area (Å²) in [6.45, 7) is 18.1. The number of nitrogens with zero attached hydrogens (tertiary/aromatic N) is 2. The second kappa shape index (κ2) is 22.6. The van der Waals surface area contributed by atoms with Crippen molar-refractivity contribution in [1.82, 2.24) is 20.4 Å². The largest absolute Gasteiger partial charge is 0.395 e. The van der Waals surface area contributed by atoms with Crippen LogP contribution in [0.4, 0.5) is 9.59 Å². The standard InChI is InChI=1S/C42H78N4O9/c1-31(21-35(51)9-11-41(7)25-33(23-39(3,4)29-41)43-37(53)45(13-17-47)14-18-48)27-55-28-32(2)22-36(52)10-12-42(8)26-34(24-40(5,6)30-42)44-38(54)46(15-19-49)16-20-50/h31-34,47-50H,9-30H2,1-8H3,(H,43,53)(H,44,54). The fraction of sp³-hybridized carbons (Fsp3) is 0.905. The second-order valence-corrected chi connectivity index (χ2v) is 19.5. The Morgan fingerprint density at radius 3 is 1.24 bits per heavy atom. The van der Waals surface area contributed by atoms with Gasteiger partial charge in [0.2, 0.25) is 0 Å². The van der Waals surface area contributed by atoms with E-state index in [2.05, 4.69) is 52.2 Å². The van der Waals surface area contributed by atoms with Gasteiger partial charge in [-0.2, -0.15) is 0 Å². The molecular formula is C42H78N4O9. The third-order valence-electron chi connectivity index (χ3n) is 11.6. The third-order valence-corrected chi connectivity index (χ3v) is 11.6. The molecule has 0 aromatic rings. The number of nitrogens with one attached hydrogen (secondary N) is 2. The van der Waals surface area contributed by atoms with E-state index >= 15 is 0 Å². The lowest BCUT2D eigenvalue weighted by molar-refractivity contribution is -0.121. The summed E-state index contributed by atoms with van der Waals surface area (Å²) in [5, 5.41) is 43.6. The lowest BCUT2D eigenvalue weighted by atomic mass is 9.61. The molecule has 13 nitrogen and oxygen atoms in total. The smallest absolute Gasteiger partial charge is 0.317 e. The van der Waals surface area contributed by atoms with Gasteiger partial charge in [-0.3, -0.25) is 9.59 Å². The van der Waals surface area contributed by atoms with E-state index in [0.29, 0.717) is 38.9 Å². The number of carbonyl (C=O) groups excluding carboxylic acids is 4. The van der Waals surface area contributed by atoms with E-state index in [1.54, 1.807) is 0 Å². The van der Waals surface area contributed by atoms with Crippen molar-refractivity contribution in [3.8, 4) is 0 Å². The Balaban J connectivity index is 1.76. The fourth-order valence-corrected chi connectivity index (χ4v) is 9.95. The van der Waals surface area contributed by atoms with E-state index in [9.17, 15) is 39.6 Å². The van der Waals surface area contributed by atoms with Crippen molar-refractivity contribution in [3.05, 3.63) is 0 Å². The SMILES string of the molecule is CC(COCC(C)CC(=O)CCC1(C)CC(NC(=O)N(CCO)CCO)CC(C)(C)C1)CC(=O)CCC1(C)CC(NC(=O)N(CCO)CCO)CC(C)(C)C1. The Kier molecular flexibility index (Phi) is 20.0. The lowest BCUT2D eigenvalue weighted by Crippen LogP contribution is -2.51. The average Bonchev–Trinajstić information content (AvgIpc) is 3.04. The highest BCUT2D eigenvalue weighted by molar-refractivity contribution is 5.79. The maximum Gasteiger partial charge on any atom is 0.317 e. The summed E-state index contributed by atoms with van der Waals surface area (Å²) in [5.41, 5.74) is -0.239. The molecule has 2 aliphatic carbocycles. The van der Waals surface area contributed by atoms with Crippen LogP contribution in [0.25, 0.3) is 0 Å². The molecule has 0 bridgehead atoms. The summed E-state index contributed by atoms with van der Waals surface area (Å²) in [5.74, 6) is 0.528. The van der Waals surface area contributed by atoms with Crippen LogP contribution in [0.1, 0.15) is 132 Å². The minimum absolute atomic E-state index is 0.00951. The van der Waals surface area contributed by atoms with Gasteiger partial charge in [-0.05, 0) is 84.9 Å². The predicted molar refractivity (Wildman–Crippen MR) is 214 cm³/mol. The summed E-state index contributed by atoms with van der Waals surface area (Å²) in [6.07, 6.45) is 8.39. The highest BCUT2D eigenvalue weighted by Gasteiger charge is 2.43. The zero-order valence-electron chi connectivity index (χ0n) is 35.6. The molecule has 2 rings (SSSR count). The number of urea groups is 2. The first-order chi connectivity index (χ1) is 25.7. The molecule has 0 aromatic heterocycles. The Morgan fingerprint density at radius 1 is 0.600 bits per heavy atom. The summed E-state index contributed by atoms with van der Waals surface area (Å²) < 4.78 is 6.00. The predicted octanol–water partition coefficient (Wildman–Crippen LogP) is 4.92. The van der Waals surface area contributed by atoms with Crippen molar-refractivity contribution >= 4 is 23.6 Å². The van der Waals surface area contributed by atoms with Crippen molar-refractivity contribution in [2.45, 2.75) is 145 Å². The molecule has 55 heavy (non-hydrogen) atoms. The number of carbonyl (C=O) groups is 4. The number of rotatable bonds is 24. The molecule has 2 fully saturated rings. The summed E-state index contributed by atoms with van der Waals surface area (Å²) in [4.78, 5) is 54.8. The minimum atomic E-state index is -0.282.